The molecule has 0 spiro atoms. The molecule has 1 unspecified atom stereocenters. The van der Waals surface area contributed by atoms with Crippen molar-refractivity contribution >= 4 is 35.7 Å². The molecule has 0 saturated heterocycles. The first kappa shape index (κ1) is 8.46. The van der Waals surface area contributed by atoms with Crippen LogP contribution in [-0.2, 0) is 9.05 Å². The van der Waals surface area contributed by atoms with Crippen LogP contribution in [0.3, 0.4) is 0 Å². The molecule has 0 radical (unpaired) electrons. The molecule has 0 bridgehead atoms. The van der Waals surface area contributed by atoms with Crippen molar-refractivity contribution in [2.75, 3.05) is 0 Å². The summed E-state index contributed by atoms with van der Waals surface area (Å²) >= 11 is 2.76. The molecule has 8 heavy (non-hydrogen) atoms. The van der Waals surface area contributed by atoms with E-state index in [1.807, 2.05) is 0 Å². The molecule has 0 saturated carbocycles. The Morgan fingerprint density at radius 1 is 1.75 bits per heavy atom. The van der Waals surface area contributed by atoms with E-state index in [2.05, 4.69) is 22.5 Å². The van der Waals surface area contributed by atoms with Gasteiger partial charge in [-0.05, 0) is 0 Å². The van der Waals surface area contributed by atoms with E-state index in [0.717, 1.165) is 0 Å². The van der Waals surface area contributed by atoms with Crippen LogP contribution in [0, 0.1) is 0 Å². The largest absolute Gasteiger partial charge is 0.249 e. The molecule has 0 fully saturated rings. The Kier molecular flexibility index (Phi) is 3.01. The lowest BCUT2D eigenvalue weighted by atomic mass is 10.8. The monoisotopic (exact) mass is 218 g/mol. The molecule has 0 amide bonds. The van der Waals surface area contributed by atoms with Crippen molar-refractivity contribution < 1.29 is 8.42 Å². The molecule has 0 aliphatic heterocycles. The lowest BCUT2D eigenvalue weighted by Crippen LogP contribution is -2.02. The van der Waals surface area contributed by atoms with Crippen LogP contribution in [0.5, 0.6) is 0 Å². The number of hydrogen-bond acceptors (Lipinski definition) is 2. The van der Waals surface area contributed by atoms with E-state index in [1.54, 1.807) is 0 Å². The predicted octanol–water partition coefficient (Wildman–Crippen LogP) is 1.46. The fourth-order valence-corrected chi connectivity index (χ4v) is 0.563. The summed E-state index contributed by atoms with van der Waals surface area (Å²) < 4.78 is 19.6. The molecule has 1 atom stereocenters. The highest BCUT2D eigenvalue weighted by molar-refractivity contribution is 9.11. The fraction of sp³-hybridized carbons (Fsp3) is 0.333. The minimum Gasteiger partial charge on any atom is -0.211 e. The summed E-state index contributed by atoms with van der Waals surface area (Å²) in [6.07, 6.45) is 1.20. The van der Waals surface area contributed by atoms with E-state index in [4.69, 9.17) is 10.7 Å². The minimum absolute atomic E-state index is 0.836. The summed E-state index contributed by atoms with van der Waals surface area (Å²) in [4.78, 5) is 0. The summed E-state index contributed by atoms with van der Waals surface area (Å²) in [6.45, 7) is 3.22. The second kappa shape index (κ2) is 2.85. The van der Waals surface area contributed by atoms with Gasteiger partial charge in [0.2, 0.25) is 9.05 Å². The zero-order valence-corrected chi connectivity index (χ0v) is 7.00. The molecule has 0 aromatic heterocycles. The van der Waals surface area contributed by atoms with Gasteiger partial charge in [0, 0.05) is 10.7 Å². The van der Waals surface area contributed by atoms with Crippen LogP contribution in [0.4, 0.5) is 0 Å². The normalized spacial score (nSPS) is 15.2. The summed E-state index contributed by atoms with van der Waals surface area (Å²) in [5.41, 5.74) is 0. The van der Waals surface area contributed by atoms with Crippen molar-refractivity contribution in [1.82, 2.24) is 0 Å². The van der Waals surface area contributed by atoms with Crippen LogP contribution in [0.15, 0.2) is 12.7 Å². The molecule has 0 heterocycles. The highest BCUT2D eigenvalue weighted by Crippen LogP contribution is 2.13. The Balaban J connectivity index is 4.26. The molecular weight excluding hydrogens is 215 g/mol. The van der Waals surface area contributed by atoms with Gasteiger partial charge in [0.25, 0.3) is 0 Å². The van der Waals surface area contributed by atoms with Crippen LogP contribution >= 0.6 is 26.6 Å². The first-order valence-electron chi connectivity index (χ1n) is 1.68. The van der Waals surface area contributed by atoms with Crippen LogP contribution in [0.1, 0.15) is 0 Å². The molecule has 48 valence electrons. The maximum atomic E-state index is 10.2. The first-order chi connectivity index (χ1) is 3.48. The van der Waals surface area contributed by atoms with Gasteiger partial charge in [-0.25, -0.2) is 8.42 Å². The average molecular weight is 219 g/mol. The van der Waals surface area contributed by atoms with E-state index in [0.29, 0.717) is 0 Å². The molecule has 0 aliphatic rings. The summed E-state index contributed by atoms with van der Waals surface area (Å²) in [7, 11) is 1.36. The Morgan fingerprint density at radius 2 is 2.12 bits per heavy atom. The van der Waals surface area contributed by atoms with Crippen LogP contribution in [0.25, 0.3) is 0 Å². The van der Waals surface area contributed by atoms with Gasteiger partial charge in [-0.3, -0.25) is 0 Å². The third-order valence-corrected chi connectivity index (χ3v) is 4.26. The van der Waals surface area contributed by atoms with Gasteiger partial charge in [-0.2, -0.15) is 0 Å². The van der Waals surface area contributed by atoms with Crippen molar-refractivity contribution in [2.45, 2.75) is 4.16 Å². The highest BCUT2D eigenvalue weighted by atomic mass is 79.9. The summed E-state index contributed by atoms with van der Waals surface area (Å²) in [5, 5.41) is 0. The fourth-order valence-electron chi connectivity index (χ4n) is 0.115. The Labute approximate surface area is 61.1 Å². The molecule has 2 nitrogen and oxygen atoms in total. The first-order valence-corrected chi connectivity index (χ1v) is 4.97. The van der Waals surface area contributed by atoms with Crippen LogP contribution in [-0.4, -0.2) is 12.6 Å². The molecule has 0 aliphatic carbocycles. The van der Waals surface area contributed by atoms with E-state index in [1.165, 1.54) is 6.08 Å². The van der Waals surface area contributed by atoms with Crippen molar-refractivity contribution in [3.63, 3.8) is 0 Å². The lowest BCUT2D eigenvalue weighted by Gasteiger charge is -1.93. The number of alkyl halides is 1. The lowest BCUT2D eigenvalue weighted by molar-refractivity contribution is 0.611. The molecule has 0 rings (SSSR count). The molecule has 0 N–H and O–H groups in total. The van der Waals surface area contributed by atoms with E-state index >= 15 is 0 Å². The van der Waals surface area contributed by atoms with E-state index < -0.39 is 13.2 Å². The quantitative estimate of drug-likeness (QED) is 0.400. The van der Waals surface area contributed by atoms with Gasteiger partial charge in [-0.1, -0.05) is 22.0 Å². The topological polar surface area (TPSA) is 34.1 Å². The van der Waals surface area contributed by atoms with Crippen molar-refractivity contribution in [3.05, 3.63) is 12.7 Å². The Bertz CT molecular complexity index is 174. The van der Waals surface area contributed by atoms with E-state index in [-0.39, 0.29) is 0 Å². The van der Waals surface area contributed by atoms with Gasteiger partial charge in [0.15, 0.2) is 0 Å². The van der Waals surface area contributed by atoms with Gasteiger partial charge < -0.3 is 0 Å². The SMILES string of the molecule is C=CC(Br)S(=O)(=O)Cl. The minimum atomic E-state index is -3.48. The van der Waals surface area contributed by atoms with Gasteiger partial charge >= 0.3 is 0 Å². The Morgan fingerprint density at radius 3 is 2.12 bits per heavy atom. The highest BCUT2D eigenvalue weighted by Gasteiger charge is 2.13. The Hall–Kier alpha value is 0.460. The van der Waals surface area contributed by atoms with Crippen LogP contribution in [0.2, 0.25) is 0 Å². The van der Waals surface area contributed by atoms with Crippen molar-refractivity contribution in [2.24, 2.45) is 0 Å². The predicted molar refractivity (Wildman–Crippen MR) is 37.7 cm³/mol. The third-order valence-electron chi connectivity index (χ3n) is 0.454. The summed E-state index contributed by atoms with van der Waals surface area (Å²) in [5.74, 6) is 0. The van der Waals surface area contributed by atoms with Gasteiger partial charge in [0.1, 0.15) is 4.16 Å². The molecule has 0 aromatic rings. The van der Waals surface area contributed by atoms with Crippen LogP contribution < -0.4 is 0 Å². The average Bonchev–Trinajstić information content (AvgIpc) is 1.62. The van der Waals surface area contributed by atoms with Crippen molar-refractivity contribution in [3.8, 4) is 0 Å². The standard InChI is InChI=1S/C3H4BrClO2S/c1-2-3(4)8(5,6)7/h2-3H,1H2. The number of halogens is 2. The second-order valence-electron chi connectivity index (χ2n) is 1.06. The smallest absolute Gasteiger partial charge is 0.211 e. The maximum Gasteiger partial charge on any atom is 0.249 e. The van der Waals surface area contributed by atoms with Gasteiger partial charge in [0.05, 0.1) is 0 Å². The van der Waals surface area contributed by atoms with Crippen molar-refractivity contribution in [1.29, 1.82) is 0 Å². The number of hydrogen-bond donors (Lipinski definition) is 0. The summed E-state index contributed by atoms with van der Waals surface area (Å²) in [6, 6.07) is 0. The third kappa shape index (κ3) is 2.69. The molecule has 0 aromatic carbocycles. The molecule has 5 heteroatoms. The zero-order chi connectivity index (χ0) is 6.78. The zero-order valence-electron chi connectivity index (χ0n) is 3.84. The van der Waals surface area contributed by atoms with Gasteiger partial charge in [-0.15, -0.1) is 6.58 Å². The van der Waals surface area contributed by atoms with E-state index in [9.17, 15) is 8.42 Å². The maximum absolute atomic E-state index is 10.2. The second-order valence-corrected chi connectivity index (χ2v) is 5.40. The number of rotatable bonds is 2. The molecular formula is C3H4BrClO2S.